The third-order valence-corrected chi connectivity index (χ3v) is 4.58. The zero-order valence-corrected chi connectivity index (χ0v) is 13.4. The molecule has 0 radical (unpaired) electrons. The van der Waals surface area contributed by atoms with Crippen LogP contribution in [0.3, 0.4) is 0 Å². The number of halogens is 1. The quantitative estimate of drug-likeness (QED) is 0.922. The van der Waals surface area contributed by atoms with Crippen LogP contribution in [-0.4, -0.2) is 30.9 Å². The van der Waals surface area contributed by atoms with Gasteiger partial charge >= 0.3 is 0 Å². The van der Waals surface area contributed by atoms with Crippen LogP contribution in [0.4, 0.5) is 5.69 Å². The van der Waals surface area contributed by atoms with Gasteiger partial charge in [-0.25, -0.2) is 0 Å². The molecule has 1 saturated heterocycles. The van der Waals surface area contributed by atoms with E-state index >= 15 is 0 Å². The summed E-state index contributed by atoms with van der Waals surface area (Å²) >= 11 is 3.62. The highest BCUT2D eigenvalue weighted by atomic mass is 79.9. The lowest BCUT2D eigenvalue weighted by Gasteiger charge is -2.41. The SMILES string of the molecule is COC1(C)CCCN(c2ccc([C@H](C)O)cc2Br)C1. The number of methoxy groups -OCH3 is 1. The number of anilines is 1. The van der Waals surface area contributed by atoms with E-state index in [0.717, 1.165) is 36.0 Å². The Kier molecular flexibility index (Phi) is 4.54. The van der Waals surface area contributed by atoms with E-state index in [1.54, 1.807) is 14.0 Å². The van der Waals surface area contributed by atoms with Crippen LogP contribution in [0.1, 0.15) is 38.4 Å². The second-order valence-electron chi connectivity index (χ2n) is 5.57. The molecule has 1 fully saturated rings. The minimum atomic E-state index is -0.434. The molecule has 3 nitrogen and oxygen atoms in total. The molecule has 0 bridgehead atoms. The highest BCUT2D eigenvalue weighted by molar-refractivity contribution is 9.10. The average molecular weight is 328 g/mol. The summed E-state index contributed by atoms with van der Waals surface area (Å²) in [6.07, 6.45) is 1.80. The van der Waals surface area contributed by atoms with Gasteiger partial charge in [-0.1, -0.05) is 6.07 Å². The zero-order valence-electron chi connectivity index (χ0n) is 11.8. The van der Waals surface area contributed by atoms with Crippen molar-refractivity contribution in [3.05, 3.63) is 28.2 Å². The van der Waals surface area contributed by atoms with Gasteiger partial charge < -0.3 is 14.7 Å². The number of ether oxygens (including phenoxy) is 1. The van der Waals surface area contributed by atoms with Crippen molar-refractivity contribution in [3.63, 3.8) is 0 Å². The van der Waals surface area contributed by atoms with Crippen LogP contribution >= 0.6 is 15.9 Å². The standard InChI is InChI=1S/C15H22BrNO2/c1-11(18)12-5-6-14(13(16)9-12)17-8-4-7-15(2,10-17)19-3/h5-6,9,11,18H,4,7-8,10H2,1-3H3/t11-,15?/m0/s1. The van der Waals surface area contributed by atoms with Crippen molar-refractivity contribution < 1.29 is 9.84 Å². The second kappa shape index (κ2) is 5.81. The fraction of sp³-hybridized carbons (Fsp3) is 0.600. The Morgan fingerprint density at radius 1 is 1.47 bits per heavy atom. The van der Waals surface area contributed by atoms with Crippen LogP contribution in [0.2, 0.25) is 0 Å². The summed E-state index contributed by atoms with van der Waals surface area (Å²) < 4.78 is 6.67. The number of hydrogen-bond acceptors (Lipinski definition) is 3. The zero-order chi connectivity index (χ0) is 14.0. The van der Waals surface area contributed by atoms with Crippen LogP contribution in [0.5, 0.6) is 0 Å². The summed E-state index contributed by atoms with van der Waals surface area (Å²) in [6.45, 7) is 5.89. The van der Waals surface area contributed by atoms with E-state index in [2.05, 4.69) is 33.8 Å². The minimum Gasteiger partial charge on any atom is -0.389 e. The smallest absolute Gasteiger partial charge is 0.0825 e. The molecule has 4 heteroatoms. The number of benzene rings is 1. The summed E-state index contributed by atoms with van der Waals surface area (Å²) in [5.74, 6) is 0. The fourth-order valence-corrected chi connectivity index (χ4v) is 3.26. The van der Waals surface area contributed by atoms with Gasteiger partial charge in [0.25, 0.3) is 0 Å². The number of piperidine rings is 1. The van der Waals surface area contributed by atoms with Gasteiger partial charge in [-0.2, -0.15) is 0 Å². The lowest BCUT2D eigenvalue weighted by Crippen LogP contribution is -2.47. The van der Waals surface area contributed by atoms with Gasteiger partial charge in [0.2, 0.25) is 0 Å². The van der Waals surface area contributed by atoms with E-state index in [1.807, 2.05) is 12.1 Å². The fourth-order valence-electron chi connectivity index (χ4n) is 2.62. The first-order valence-corrected chi connectivity index (χ1v) is 7.52. The maximum absolute atomic E-state index is 9.62. The molecule has 0 aliphatic carbocycles. The van der Waals surface area contributed by atoms with Gasteiger partial charge in [-0.3, -0.25) is 0 Å². The molecule has 1 aliphatic rings. The van der Waals surface area contributed by atoms with Gasteiger partial charge in [0.05, 0.1) is 17.4 Å². The number of aliphatic hydroxyl groups excluding tert-OH is 1. The molecule has 2 rings (SSSR count). The Balaban J connectivity index is 2.22. The Hall–Kier alpha value is -0.580. The summed E-state index contributed by atoms with van der Waals surface area (Å²) in [4.78, 5) is 2.35. The first kappa shape index (κ1) is 14.8. The van der Waals surface area contributed by atoms with E-state index in [1.165, 1.54) is 5.69 Å². The lowest BCUT2D eigenvalue weighted by atomic mass is 9.94. The van der Waals surface area contributed by atoms with Crippen molar-refractivity contribution in [1.82, 2.24) is 0 Å². The Morgan fingerprint density at radius 2 is 2.21 bits per heavy atom. The Bertz CT molecular complexity index is 450. The third kappa shape index (κ3) is 3.30. The lowest BCUT2D eigenvalue weighted by molar-refractivity contribution is -0.00468. The predicted octanol–water partition coefficient (Wildman–Crippen LogP) is 3.51. The normalized spacial score (nSPS) is 25.4. The van der Waals surface area contributed by atoms with Gasteiger partial charge in [-0.15, -0.1) is 0 Å². The number of hydrogen-bond donors (Lipinski definition) is 1. The van der Waals surface area contributed by atoms with Gasteiger partial charge in [0.1, 0.15) is 0 Å². The molecule has 1 aromatic rings. The van der Waals surface area contributed by atoms with E-state index < -0.39 is 6.10 Å². The molecule has 1 heterocycles. The van der Waals surface area contributed by atoms with Crippen LogP contribution in [0, 0.1) is 0 Å². The van der Waals surface area contributed by atoms with E-state index in [4.69, 9.17) is 4.74 Å². The first-order chi connectivity index (χ1) is 8.95. The predicted molar refractivity (Wildman–Crippen MR) is 81.6 cm³/mol. The maximum Gasteiger partial charge on any atom is 0.0825 e. The van der Waals surface area contributed by atoms with Crippen LogP contribution in [-0.2, 0) is 4.74 Å². The van der Waals surface area contributed by atoms with Crippen molar-refractivity contribution >= 4 is 21.6 Å². The summed E-state index contributed by atoms with van der Waals surface area (Å²) in [7, 11) is 1.79. The second-order valence-corrected chi connectivity index (χ2v) is 6.42. The molecule has 1 aromatic carbocycles. The Morgan fingerprint density at radius 3 is 2.79 bits per heavy atom. The average Bonchev–Trinajstić information content (AvgIpc) is 2.38. The molecule has 19 heavy (non-hydrogen) atoms. The topological polar surface area (TPSA) is 32.7 Å². The summed E-state index contributed by atoms with van der Waals surface area (Å²) in [5.41, 5.74) is 2.04. The highest BCUT2D eigenvalue weighted by Gasteiger charge is 2.31. The van der Waals surface area contributed by atoms with Crippen molar-refractivity contribution in [2.45, 2.75) is 38.4 Å². The maximum atomic E-state index is 9.62. The summed E-state index contributed by atoms with van der Waals surface area (Å²) in [5, 5.41) is 9.62. The molecule has 1 unspecified atom stereocenters. The van der Waals surface area contributed by atoms with E-state index in [0.29, 0.717) is 0 Å². The van der Waals surface area contributed by atoms with Gasteiger partial charge in [0, 0.05) is 24.7 Å². The van der Waals surface area contributed by atoms with Gasteiger partial charge in [0.15, 0.2) is 0 Å². The number of aliphatic hydroxyl groups is 1. The van der Waals surface area contributed by atoms with Crippen molar-refractivity contribution in [1.29, 1.82) is 0 Å². The molecule has 1 N–H and O–H groups in total. The molecule has 1 aliphatic heterocycles. The summed E-state index contributed by atoms with van der Waals surface area (Å²) in [6, 6.07) is 6.07. The minimum absolute atomic E-state index is 0.0688. The molecule has 0 amide bonds. The molecule has 106 valence electrons. The molecule has 2 atom stereocenters. The van der Waals surface area contributed by atoms with Crippen LogP contribution < -0.4 is 4.90 Å². The number of rotatable bonds is 3. The van der Waals surface area contributed by atoms with Crippen LogP contribution in [0.25, 0.3) is 0 Å². The molecule has 0 spiro atoms. The number of nitrogens with zero attached hydrogens (tertiary/aromatic N) is 1. The Labute approximate surface area is 123 Å². The highest BCUT2D eigenvalue weighted by Crippen LogP contribution is 2.34. The molecular weight excluding hydrogens is 306 g/mol. The van der Waals surface area contributed by atoms with Gasteiger partial charge in [-0.05, 0) is 60.3 Å². The van der Waals surface area contributed by atoms with Crippen LogP contribution in [0.15, 0.2) is 22.7 Å². The van der Waals surface area contributed by atoms with Crippen molar-refractivity contribution in [2.24, 2.45) is 0 Å². The monoisotopic (exact) mass is 327 g/mol. The van der Waals surface area contributed by atoms with E-state index in [9.17, 15) is 5.11 Å². The first-order valence-electron chi connectivity index (χ1n) is 6.73. The molecular formula is C15H22BrNO2. The van der Waals surface area contributed by atoms with Crippen molar-refractivity contribution in [3.8, 4) is 0 Å². The molecule has 0 saturated carbocycles. The van der Waals surface area contributed by atoms with E-state index in [-0.39, 0.29) is 5.60 Å². The van der Waals surface area contributed by atoms with Crippen molar-refractivity contribution in [2.75, 3.05) is 25.1 Å². The largest absolute Gasteiger partial charge is 0.389 e. The third-order valence-electron chi connectivity index (χ3n) is 3.95. The molecule has 0 aromatic heterocycles.